The SMILES string of the molecule is Cc1noc(C)c1CC(=O)NC[C@H]1CCO[C@@H]1C(C)C. The van der Waals surface area contributed by atoms with E-state index in [9.17, 15) is 4.79 Å². The van der Waals surface area contributed by atoms with Gasteiger partial charge in [-0.1, -0.05) is 19.0 Å². The van der Waals surface area contributed by atoms with E-state index in [1.807, 2.05) is 13.8 Å². The summed E-state index contributed by atoms with van der Waals surface area (Å²) in [6.45, 7) is 9.50. The van der Waals surface area contributed by atoms with Gasteiger partial charge >= 0.3 is 0 Å². The van der Waals surface area contributed by atoms with Crippen LogP contribution < -0.4 is 5.32 Å². The minimum Gasteiger partial charge on any atom is -0.378 e. The van der Waals surface area contributed by atoms with Crippen LogP contribution >= 0.6 is 0 Å². The molecule has 5 heteroatoms. The molecule has 0 saturated carbocycles. The smallest absolute Gasteiger partial charge is 0.224 e. The third-order valence-corrected chi connectivity index (χ3v) is 4.00. The molecular formula is C15H24N2O3. The van der Waals surface area contributed by atoms with Gasteiger partial charge in [0.15, 0.2) is 0 Å². The van der Waals surface area contributed by atoms with Crippen LogP contribution in [0.2, 0.25) is 0 Å². The first kappa shape index (κ1) is 15.0. The van der Waals surface area contributed by atoms with Crippen LogP contribution in [0.4, 0.5) is 0 Å². The maximum Gasteiger partial charge on any atom is 0.224 e. The van der Waals surface area contributed by atoms with Crippen LogP contribution in [0.15, 0.2) is 4.52 Å². The van der Waals surface area contributed by atoms with Gasteiger partial charge in [0.1, 0.15) is 5.76 Å². The predicted octanol–water partition coefficient (Wildman–Crippen LogP) is 2.01. The Morgan fingerprint density at radius 3 is 2.80 bits per heavy atom. The zero-order valence-corrected chi connectivity index (χ0v) is 12.7. The van der Waals surface area contributed by atoms with Crippen LogP contribution in [0.25, 0.3) is 0 Å². The monoisotopic (exact) mass is 280 g/mol. The van der Waals surface area contributed by atoms with Gasteiger partial charge in [-0.25, -0.2) is 0 Å². The molecule has 0 aromatic carbocycles. The Balaban J connectivity index is 1.84. The Morgan fingerprint density at radius 2 is 2.20 bits per heavy atom. The second-order valence-electron chi connectivity index (χ2n) is 5.91. The fraction of sp³-hybridized carbons (Fsp3) is 0.733. The number of nitrogens with one attached hydrogen (secondary N) is 1. The Labute approximate surface area is 120 Å². The van der Waals surface area contributed by atoms with Gasteiger partial charge in [-0.15, -0.1) is 0 Å². The van der Waals surface area contributed by atoms with E-state index in [1.165, 1.54) is 0 Å². The molecule has 1 aromatic rings. The largest absolute Gasteiger partial charge is 0.378 e. The minimum absolute atomic E-state index is 0.0220. The molecule has 1 aliphatic rings. The molecule has 5 nitrogen and oxygen atoms in total. The summed E-state index contributed by atoms with van der Waals surface area (Å²) >= 11 is 0. The molecule has 1 aliphatic heterocycles. The summed E-state index contributed by atoms with van der Waals surface area (Å²) in [5.74, 6) is 1.65. The normalized spacial score (nSPS) is 22.4. The van der Waals surface area contributed by atoms with E-state index in [1.54, 1.807) is 0 Å². The minimum atomic E-state index is 0.0220. The first-order chi connectivity index (χ1) is 9.49. The van der Waals surface area contributed by atoms with Crippen LogP contribution in [0.1, 0.15) is 37.3 Å². The summed E-state index contributed by atoms with van der Waals surface area (Å²) in [4.78, 5) is 12.0. The molecule has 2 atom stereocenters. The Morgan fingerprint density at radius 1 is 1.45 bits per heavy atom. The van der Waals surface area contributed by atoms with E-state index in [4.69, 9.17) is 9.26 Å². The van der Waals surface area contributed by atoms with E-state index in [2.05, 4.69) is 24.3 Å². The Kier molecular flexibility index (Phi) is 4.81. The van der Waals surface area contributed by atoms with Gasteiger partial charge in [0.25, 0.3) is 0 Å². The summed E-state index contributed by atoms with van der Waals surface area (Å²) in [5, 5.41) is 6.88. The fourth-order valence-electron chi connectivity index (χ4n) is 2.83. The van der Waals surface area contributed by atoms with Gasteiger partial charge in [-0.05, 0) is 26.2 Å². The van der Waals surface area contributed by atoms with Crippen molar-refractivity contribution in [1.82, 2.24) is 10.5 Å². The van der Waals surface area contributed by atoms with E-state index in [0.717, 1.165) is 30.0 Å². The molecule has 0 bridgehead atoms. The van der Waals surface area contributed by atoms with Crippen LogP contribution in [0.5, 0.6) is 0 Å². The molecule has 0 aliphatic carbocycles. The Hall–Kier alpha value is -1.36. The second-order valence-corrected chi connectivity index (χ2v) is 5.91. The molecule has 1 amide bonds. The average molecular weight is 280 g/mol. The maximum absolute atomic E-state index is 12.0. The van der Waals surface area contributed by atoms with Crippen molar-refractivity contribution in [3.8, 4) is 0 Å². The average Bonchev–Trinajstić information content (AvgIpc) is 2.98. The maximum atomic E-state index is 12.0. The number of ether oxygens (including phenoxy) is 1. The van der Waals surface area contributed by atoms with Crippen molar-refractivity contribution < 1.29 is 14.1 Å². The van der Waals surface area contributed by atoms with Crippen molar-refractivity contribution in [2.24, 2.45) is 11.8 Å². The van der Waals surface area contributed by atoms with Gasteiger partial charge in [0.05, 0.1) is 18.2 Å². The number of hydrogen-bond acceptors (Lipinski definition) is 4. The number of aromatic nitrogens is 1. The lowest BCUT2D eigenvalue weighted by atomic mass is 9.93. The number of aryl methyl sites for hydroxylation is 2. The number of carbonyl (C=O) groups excluding carboxylic acids is 1. The third kappa shape index (κ3) is 3.39. The molecule has 2 heterocycles. The standard InChI is InChI=1S/C15H24N2O3/c1-9(2)15-12(5-6-19-15)8-16-14(18)7-13-10(3)17-20-11(13)4/h9,12,15H,5-8H2,1-4H3,(H,16,18)/t12-,15-/m1/s1. The van der Waals surface area contributed by atoms with E-state index in [0.29, 0.717) is 24.8 Å². The van der Waals surface area contributed by atoms with Crippen LogP contribution in [-0.2, 0) is 16.0 Å². The zero-order valence-electron chi connectivity index (χ0n) is 12.7. The van der Waals surface area contributed by atoms with Gasteiger partial charge in [0.2, 0.25) is 5.91 Å². The summed E-state index contributed by atoms with van der Waals surface area (Å²) in [6, 6.07) is 0. The first-order valence-electron chi connectivity index (χ1n) is 7.29. The lowest BCUT2D eigenvalue weighted by Gasteiger charge is -2.22. The first-order valence-corrected chi connectivity index (χ1v) is 7.29. The molecular weight excluding hydrogens is 256 g/mol. The van der Waals surface area contributed by atoms with Gasteiger partial charge in [-0.3, -0.25) is 4.79 Å². The van der Waals surface area contributed by atoms with Gasteiger partial charge < -0.3 is 14.6 Å². The van der Waals surface area contributed by atoms with Crippen LogP contribution in [0, 0.1) is 25.7 Å². The highest BCUT2D eigenvalue weighted by Crippen LogP contribution is 2.26. The van der Waals surface area contributed by atoms with Crippen molar-refractivity contribution >= 4 is 5.91 Å². The third-order valence-electron chi connectivity index (χ3n) is 4.00. The number of carbonyl (C=O) groups is 1. The highest BCUT2D eigenvalue weighted by atomic mass is 16.5. The topological polar surface area (TPSA) is 64.4 Å². The molecule has 0 spiro atoms. The summed E-state index contributed by atoms with van der Waals surface area (Å²) in [5.41, 5.74) is 1.69. The predicted molar refractivity (Wildman–Crippen MR) is 75.4 cm³/mol. The summed E-state index contributed by atoms with van der Waals surface area (Å²) in [6.07, 6.45) is 1.62. The number of hydrogen-bond donors (Lipinski definition) is 1. The van der Waals surface area contributed by atoms with Gasteiger partial charge in [0, 0.05) is 24.6 Å². The molecule has 1 aromatic heterocycles. The van der Waals surface area contributed by atoms with Crippen molar-refractivity contribution in [2.75, 3.05) is 13.2 Å². The van der Waals surface area contributed by atoms with E-state index >= 15 is 0 Å². The zero-order chi connectivity index (χ0) is 14.7. The quantitative estimate of drug-likeness (QED) is 0.896. The van der Waals surface area contributed by atoms with Crippen molar-refractivity contribution in [3.63, 3.8) is 0 Å². The molecule has 2 rings (SSSR count). The molecule has 0 unspecified atom stereocenters. The van der Waals surface area contributed by atoms with E-state index in [-0.39, 0.29) is 12.0 Å². The highest BCUT2D eigenvalue weighted by Gasteiger charge is 2.30. The van der Waals surface area contributed by atoms with Crippen LogP contribution in [0.3, 0.4) is 0 Å². The molecule has 1 N–H and O–H groups in total. The molecule has 1 saturated heterocycles. The summed E-state index contributed by atoms with van der Waals surface area (Å²) < 4.78 is 10.8. The fourth-order valence-corrected chi connectivity index (χ4v) is 2.83. The molecule has 1 fully saturated rings. The van der Waals surface area contributed by atoms with Crippen molar-refractivity contribution in [1.29, 1.82) is 0 Å². The lowest BCUT2D eigenvalue weighted by Crippen LogP contribution is -2.35. The number of nitrogens with zero attached hydrogens (tertiary/aromatic N) is 1. The van der Waals surface area contributed by atoms with Crippen molar-refractivity contribution in [2.45, 2.75) is 46.6 Å². The number of amides is 1. The molecule has 112 valence electrons. The summed E-state index contributed by atoms with van der Waals surface area (Å²) in [7, 11) is 0. The van der Waals surface area contributed by atoms with Crippen LogP contribution in [-0.4, -0.2) is 30.3 Å². The molecule has 0 radical (unpaired) electrons. The van der Waals surface area contributed by atoms with Gasteiger partial charge in [-0.2, -0.15) is 0 Å². The van der Waals surface area contributed by atoms with E-state index < -0.39 is 0 Å². The Bertz CT molecular complexity index is 448. The second kappa shape index (κ2) is 6.39. The van der Waals surface area contributed by atoms with Crippen molar-refractivity contribution in [3.05, 3.63) is 17.0 Å². The molecule has 20 heavy (non-hydrogen) atoms. The highest BCUT2D eigenvalue weighted by molar-refractivity contribution is 5.79. The lowest BCUT2D eigenvalue weighted by molar-refractivity contribution is -0.120. The number of rotatable bonds is 5.